The first-order valence-electron chi connectivity index (χ1n) is 8.00. The molecule has 0 fully saturated rings. The van der Waals surface area contributed by atoms with Gasteiger partial charge < -0.3 is 4.90 Å². The molecule has 24 heavy (non-hydrogen) atoms. The molecule has 1 aliphatic heterocycles. The molecular weight excluding hydrogens is 299 g/mol. The van der Waals surface area contributed by atoms with Gasteiger partial charge in [0.25, 0.3) is 0 Å². The van der Waals surface area contributed by atoms with Gasteiger partial charge in [-0.15, -0.1) is 0 Å². The van der Waals surface area contributed by atoms with Crippen molar-refractivity contribution in [3.8, 4) is 0 Å². The highest BCUT2D eigenvalue weighted by Crippen LogP contribution is 2.29. The van der Waals surface area contributed by atoms with Crippen molar-refractivity contribution in [1.29, 1.82) is 0 Å². The van der Waals surface area contributed by atoms with Crippen LogP contribution in [0.15, 0.2) is 77.8 Å². The second-order valence-corrected chi connectivity index (χ2v) is 5.92. The summed E-state index contributed by atoms with van der Waals surface area (Å²) in [5.74, 6) is -0.257. The smallest absolute Gasteiger partial charge is 0.131 e. The summed E-state index contributed by atoms with van der Waals surface area (Å²) in [7, 11) is 0. The molecule has 2 nitrogen and oxygen atoms in total. The van der Waals surface area contributed by atoms with Crippen LogP contribution in [0.1, 0.15) is 16.7 Å². The maximum Gasteiger partial charge on any atom is 0.131 e. The molecule has 0 saturated carbocycles. The molecule has 0 aliphatic carbocycles. The van der Waals surface area contributed by atoms with Crippen molar-refractivity contribution in [2.45, 2.75) is 13.1 Å². The van der Waals surface area contributed by atoms with Crippen LogP contribution in [0.3, 0.4) is 0 Å². The Hall–Kier alpha value is -2.94. The number of aliphatic imine (C=N–C) groups is 1. The number of rotatable bonds is 3. The zero-order chi connectivity index (χ0) is 16.4. The first-order valence-corrected chi connectivity index (χ1v) is 8.00. The van der Waals surface area contributed by atoms with Crippen molar-refractivity contribution >= 4 is 17.6 Å². The molecule has 118 valence electrons. The quantitative estimate of drug-likeness (QED) is 0.614. The van der Waals surface area contributed by atoms with E-state index in [1.54, 1.807) is 24.4 Å². The monoisotopic (exact) mass is 316 g/mol. The van der Waals surface area contributed by atoms with Gasteiger partial charge >= 0.3 is 0 Å². The molecule has 0 spiro atoms. The highest BCUT2D eigenvalue weighted by molar-refractivity contribution is 5.82. The van der Waals surface area contributed by atoms with Crippen LogP contribution in [-0.2, 0) is 13.1 Å². The van der Waals surface area contributed by atoms with Crippen molar-refractivity contribution in [1.82, 2.24) is 0 Å². The van der Waals surface area contributed by atoms with E-state index >= 15 is 0 Å². The number of hydrogen-bond donors (Lipinski definition) is 0. The summed E-state index contributed by atoms with van der Waals surface area (Å²) in [4.78, 5) is 6.70. The van der Waals surface area contributed by atoms with Gasteiger partial charge in [0.05, 0.1) is 5.69 Å². The zero-order valence-electron chi connectivity index (χ0n) is 13.2. The maximum atomic E-state index is 13.6. The van der Waals surface area contributed by atoms with E-state index in [0.29, 0.717) is 5.56 Å². The van der Waals surface area contributed by atoms with Gasteiger partial charge in [-0.3, -0.25) is 4.99 Å². The highest BCUT2D eigenvalue weighted by Gasteiger charge is 2.18. The lowest BCUT2D eigenvalue weighted by atomic mass is 10.1. The third-order valence-corrected chi connectivity index (χ3v) is 4.31. The van der Waals surface area contributed by atoms with Gasteiger partial charge in [0.2, 0.25) is 0 Å². The average Bonchev–Trinajstić information content (AvgIpc) is 3.06. The van der Waals surface area contributed by atoms with Crippen molar-refractivity contribution in [2.75, 3.05) is 4.90 Å². The second kappa shape index (κ2) is 6.28. The fourth-order valence-electron chi connectivity index (χ4n) is 2.99. The van der Waals surface area contributed by atoms with Gasteiger partial charge in [-0.05, 0) is 41.5 Å². The van der Waals surface area contributed by atoms with Crippen molar-refractivity contribution < 1.29 is 4.39 Å². The number of hydrogen-bond acceptors (Lipinski definition) is 2. The van der Waals surface area contributed by atoms with Crippen LogP contribution in [-0.4, -0.2) is 6.21 Å². The summed E-state index contributed by atoms with van der Waals surface area (Å²) >= 11 is 0. The Morgan fingerprint density at radius 3 is 2.08 bits per heavy atom. The number of nitrogens with zero attached hydrogens (tertiary/aromatic N) is 2. The molecule has 0 N–H and O–H groups in total. The van der Waals surface area contributed by atoms with E-state index < -0.39 is 0 Å². The Morgan fingerprint density at radius 2 is 1.42 bits per heavy atom. The zero-order valence-corrected chi connectivity index (χ0v) is 13.2. The Balaban J connectivity index is 1.49. The van der Waals surface area contributed by atoms with Crippen LogP contribution < -0.4 is 4.90 Å². The molecule has 0 amide bonds. The number of anilines is 1. The average molecular weight is 316 g/mol. The standard InChI is InChI=1S/C21H17FN2/c22-21-8-4-3-5-16(21)13-23-19-9-11-20(12-10-19)24-14-17-6-1-2-7-18(17)15-24/h1-13H,14-15H2. The molecule has 0 saturated heterocycles. The molecule has 1 heterocycles. The van der Waals surface area contributed by atoms with E-state index in [9.17, 15) is 4.39 Å². The van der Waals surface area contributed by atoms with Crippen LogP contribution in [0.2, 0.25) is 0 Å². The van der Waals surface area contributed by atoms with Crippen molar-refractivity contribution in [3.05, 3.63) is 95.3 Å². The summed E-state index contributed by atoms with van der Waals surface area (Å²) in [6.07, 6.45) is 1.57. The van der Waals surface area contributed by atoms with Gasteiger partial charge in [0.1, 0.15) is 5.82 Å². The van der Waals surface area contributed by atoms with E-state index in [4.69, 9.17) is 0 Å². The molecule has 4 rings (SSSR count). The normalized spacial score (nSPS) is 13.5. The topological polar surface area (TPSA) is 15.6 Å². The summed E-state index contributed by atoms with van der Waals surface area (Å²) in [6.45, 7) is 1.88. The van der Waals surface area contributed by atoms with Crippen LogP contribution in [0, 0.1) is 5.82 Å². The predicted octanol–water partition coefficient (Wildman–Crippen LogP) is 5.10. The van der Waals surface area contributed by atoms with E-state index in [2.05, 4.69) is 46.3 Å². The van der Waals surface area contributed by atoms with Crippen molar-refractivity contribution in [2.24, 2.45) is 4.99 Å². The first-order chi connectivity index (χ1) is 11.8. The molecule has 3 aromatic carbocycles. The number of fused-ring (bicyclic) bond motifs is 1. The van der Waals surface area contributed by atoms with Crippen LogP contribution in [0.5, 0.6) is 0 Å². The highest BCUT2D eigenvalue weighted by atomic mass is 19.1. The summed E-state index contributed by atoms with van der Waals surface area (Å²) < 4.78 is 13.6. The molecule has 1 aliphatic rings. The first kappa shape index (κ1) is 14.6. The van der Waals surface area contributed by atoms with Crippen LogP contribution in [0.4, 0.5) is 15.8 Å². The van der Waals surface area contributed by atoms with E-state index in [0.717, 1.165) is 18.8 Å². The maximum absolute atomic E-state index is 13.6. The van der Waals surface area contributed by atoms with E-state index in [1.807, 2.05) is 12.1 Å². The van der Waals surface area contributed by atoms with Gasteiger partial charge in [0, 0.05) is 30.6 Å². The Bertz CT molecular complexity index is 859. The van der Waals surface area contributed by atoms with Gasteiger partial charge in [-0.2, -0.15) is 0 Å². The molecule has 3 heteroatoms. The summed E-state index contributed by atoms with van der Waals surface area (Å²) in [5, 5.41) is 0. The molecule has 0 atom stereocenters. The van der Waals surface area contributed by atoms with Gasteiger partial charge in [-0.1, -0.05) is 42.5 Å². The minimum atomic E-state index is -0.257. The van der Waals surface area contributed by atoms with Crippen LogP contribution in [0.25, 0.3) is 0 Å². The third-order valence-electron chi connectivity index (χ3n) is 4.31. The lowest BCUT2D eigenvalue weighted by Gasteiger charge is -2.17. The minimum absolute atomic E-state index is 0.257. The Kier molecular flexibility index (Phi) is 3.83. The fraction of sp³-hybridized carbons (Fsp3) is 0.0952. The molecule has 0 unspecified atom stereocenters. The number of benzene rings is 3. The summed E-state index contributed by atoms with van der Waals surface area (Å²) in [5.41, 5.74) is 5.27. The Labute approximate surface area is 140 Å². The molecule has 0 bridgehead atoms. The van der Waals surface area contributed by atoms with E-state index in [1.165, 1.54) is 22.9 Å². The van der Waals surface area contributed by atoms with Gasteiger partial charge in [-0.25, -0.2) is 4.39 Å². The van der Waals surface area contributed by atoms with Crippen LogP contribution >= 0.6 is 0 Å². The lowest BCUT2D eigenvalue weighted by Crippen LogP contribution is -2.13. The SMILES string of the molecule is Fc1ccccc1C=Nc1ccc(N2Cc3ccccc3C2)cc1. The lowest BCUT2D eigenvalue weighted by molar-refractivity contribution is 0.626. The minimum Gasteiger partial charge on any atom is -0.363 e. The largest absolute Gasteiger partial charge is 0.363 e. The fourth-order valence-corrected chi connectivity index (χ4v) is 2.99. The molecule has 0 aromatic heterocycles. The second-order valence-electron chi connectivity index (χ2n) is 5.92. The summed E-state index contributed by atoms with van der Waals surface area (Å²) in [6, 6.07) is 23.2. The number of halogens is 1. The van der Waals surface area contributed by atoms with E-state index in [-0.39, 0.29) is 5.82 Å². The molecule has 0 radical (unpaired) electrons. The molecule has 3 aromatic rings. The molecular formula is C21H17FN2. The van der Waals surface area contributed by atoms with Crippen molar-refractivity contribution in [3.63, 3.8) is 0 Å². The Morgan fingerprint density at radius 1 is 0.792 bits per heavy atom. The predicted molar refractivity (Wildman–Crippen MR) is 96.4 cm³/mol. The third kappa shape index (κ3) is 2.93. The van der Waals surface area contributed by atoms with Gasteiger partial charge in [0.15, 0.2) is 0 Å².